The third-order valence-corrected chi connectivity index (χ3v) is 3.79. The minimum atomic E-state index is -0.172. The second-order valence-corrected chi connectivity index (χ2v) is 5.43. The number of esters is 1. The molecule has 1 aromatic rings. The minimum Gasteiger partial charge on any atom is -0.492 e. The minimum absolute atomic E-state index is 0.172. The summed E-state index contributed by atoms with van der Waals surface area (Å²) in [6, 6.07) is 7.39. The zero-order valence-corrected chi connectivity index (χ0v) is 13.0. The Bertz CT molecular complexity index is 445. The number of piperazine rings is 1. The van der Waals surface area contributed by atoms with E-state index in [-0.39, 0.29) is 5.97 Å². The van der Waals surface area contributed by atoms with Gasteiger partial charge in [0.25, 0.3) is 0 Å². The van der Waals surface area contributed by atoms with Gasteiger partial charge in [0.15, 0.2) is 0 Å². The SMILES string of the molecule is COC(=O)CN1CCN(CCOc2ccc(Cl)cc2)CC1. The van der Waals surface area contributed by atoms with Gasteiger partial charge in [-0.3, -0.25) is 14.6 Å². The van der Waals surface area contributed by atoms with Gasteiger partial charge in [-0.1, -0.05) is 11.6 Å². The highest BCUT2D eigenvalue weighted by Crippen LogP contribution is 2.15. The maximum absolute atomic E-state index is 11.2. The Hall–Kier alpha value is -1.30. The summed E-state index contributed by atoms with van der Waals surface area (Å²) < 4.78 is 10.4. The molecule has 5 nitrogen and oxygen atoms in total. The zero-order chi connectivity index (χ0) is 15.1. The number of methoxy groups -OCH3 is 1. The first-order valence-corrected chi connectivity index (χ1v) is 7.45. The molecule has 1 aromatic carbocycles. The standard InChI is InChI=1S/C15H21ClN2O3/c1-20-15(19)12-18-8-6-17(7-9-18)10-11-21-14-4-2-13(16)3-5-14/h2-5H,6-12H2,1H3. The fourth-order valence-electron chi connectivity index (χ4n) is 2.24. The quantitative estimate of drug-likeness (QED) is 0.745. The molecule has 0 bridgehead atoms. The number of rotatable bonds is 6. The first kappa shape index (κ1) is 16.1. The average molecular weight is 313 g/mol. The molecule has 21 heavy (non-hydrogen) atoms. The number of nitrogens with zero attached hydrogens (tertiary/aromatic N) is 2. The largest absolute Gasteiger partial charge is 0.492 e. The van der Waals surface area contributed by atoms with Gasteiger partial charge in [-0.05, 0) is 24.3 Å². The molecule has 0 saturated carbocycles. The van der Waals surface area contributed by atoms with Crippen LogP contribution in [0.2, 0.25) is 5.02 Å². The van der Waals surface area contributed by atoms with E-state index in [1.165, 1.54) is 7.11 Å². The van der Waals surface area contributed by atoms with E-state index in [0.717, 1.165) is 38.5 Å². The van der Waals surface area contributed by atoms with Crippen LogP contribution in [0.5, 0.6) is 5.75 Å². The Balaban J connectivity index is 1.62. The van der Waals surface area contributed by atoms with E-state index in [1.807, 2.05) is 24.3 Å². The molecule has 0 radical (unpaired) electrons. The van der Waals surface area contributed by atoms with Crippen LogP contribution in [0, 0.1) is 0 Å². The van der Waals surface area contributed by atoms with Crippen molar-refractivity contribution in [1.29, 1.82) is 0 Å². The molecule has 6 heteroatoms. The van der Waals surface area contributed by atoms with Crippen LogP contribution in [0.3, 0.4) is 0 Å². The van der Waals surface area contributed by atoms with Crippen LogP contribution in [0.1, 0.15) is 0 Å². The Labute approximate surface area is 130 Å². The van der Waals surface area contributed by atoms with E-state index < -0.39 is 0 Å². The summed E-state index contributed by atoms with van der Waals surface area (Å²) in [5.41, 5.74) is 0. The Kier molecular flexibility index (Phi) is 6.29. The van der Waals surface area contributed by atoms with E-state index in [4.69, 9.17) is 16.3 Å². The number of carbonyl (C=O) groups excluding carboxylic acids is 1. The van der Waals surface area contributed by atoms with Gasteiger partial charge >= 0.3 is 5.97 Å². The molecule has 116 valence electrons. The van der Waals surface area contributed by atoms with Crippen molar-refractivity contribution in [2.75, 3.05) is 53.0 Å². The van der Waals surface area contributed by atoms with Crippen molar-refractivity contribution >= 4 is 17.6 Å². The first-order valence-electron chi connectivity index (χ1n) is 7.07. The van der Waals surface area contributed by atoms with Crippen molar-refractivity contribution in [3.05, 3.63) is 29.3 Å². The summed E-state index contributed by atoms with van der Waals surface area (Å²) >= 11 is 5.83. The van der Waals surface area contributed by atoms with Crippen LogP contribution in [0.4, 0.5) is 0 Å². The fourth-order valence-corrected chi connectivity index (χ4v) is 2.37. The van der Waals surface area contributed by atoms with Crippen LogP contribution in [0.15, 0.2) is 24.3 Å². The molecule has 0 aliphatic carbocycles. The Morgan fingerprint density at radius 3 is 2.38 bits per heavy atom. The summed E-state index contributed by atoms with van der Waals surface area (Å²) in [5, 5.41) is 0.712. The van der Waals surface area contributed by atoms with Crippen molar-refractivity contribution in [2.24, 2.45) is 0 Å². The van der Waals surface area contributed by atoms with Gasteiger partial charge in [0.1, 0.15) is 12.4 Å². The van der Waals surface area contributed by atoms with E-state index in [2.05, 4.69) is 14.5 Å². The summed E-state index contributed by atoms with van der Waals surface area (Å²) in [4.78, 5) is 15.7. The number of carbonyl (C=O) groups is 1. The normalized spacial score (nSPS) is 16.7. The zero-order valence-electron chi connectivity index (χ0n) is 12.3. The van der Waals surface area contributed by atoms with Crippen LogP contribution in [-0.4, -0.2) is 68.8 Å². The van der Waals surface area contributed by atoms with E-state index in [0.29, 0.717) is 18.2 Å². The highest BCUT2D eigenvalue weighted by atomic mass is 35.5. The van der Waals surface area contributed by atoms with Gasteiger partial charge in [0.2, 0.25) is 0 Å². The molecule has 1 aliphatic rings. The lowest BCUT2D eigenvalue weighted by Gasteiger charge is -2.33. The molecule has 1 aliphatic heterocycles. The molecule has 0 aromatic heterocycles. The highest BCUT2D eigenvalue weighted by molar-refractivity contribution is 6.30. The smallest absolute Gasteiger partial charge is 0.319 e. The molecule has 1 fully saturated rings. The average Bonchev–Trinajstić information content (AvgIpc) is 2.51. The predicted molar refractivity (Wildman–Crippen MR) is 81.8 cm³/mol. The lowest BCUT2D eigenvalue weighted by Crippen LogP contribution is -2.48. The van der Waals surface area contributed by atoms with Crippen molar-refractivity contribution in [3.63, 3.8) is 0 Å². The van der Waals surface area contributed by atoms with Crippen LogP contribution in [0.25, 0.3) is 0 Å². The molecule has 1 saturated heterocycles. The van der Waals surface area contributed by atoms with Crippen LogP contribution < -0.4 is 4.74 Å². The van der Waals surface area contributed by atoms with E-state index in [9.17, 15) is 4.79 Å². The first-order chi connectivity index (χ1) is 10.2. The number of hydrogen-bond donors (Lipinski definition) is 0. The summed E-state index contributed by atoms with van der Waals surface area (Å²) in [6.45, 7) is 5.58. The second kappa shape index (κ2) is 8.22. The number of ether oxygens (including phenoxy) is 2. The van der Waals surface area contributed by atoms with Gasteiger partial charge in [-0.15, -0.1) is 0 Å². The highest BCUT2D eigenvalue weighted by Gasteiger charge is 2.18. The molecule has 0 atom stereocenters. The van der Waals surface area contributed by atoms with E-state index in [1.54, 1.807) is 0 Å². The molecule has 1 heterocycles. The molecule has 0 N–H and O–H groups in total. The molecular formula is C15H21ClN2O3. The lowest BCUT2D eigenvalue weighted by atomic mass is 10.3. The number of benzene rings is 1. The van der Waals surface area contributed by atoms with Gasteiger partial charge in [0.05, 0.1) is 13.7 Å². The molecular weight excluding hydrogens is 292 g/mol. The molecule has 0 unspecified atom stereocenters. The molecule has 2 rings (SSSR count). The summed E-state index contributed by atoms with van der Waals surface area (Å²) in [5.74, 6) is 0.665. The Morgan fingerprint density at radius 2 is 1.76 bits per heavy atom. The van der Waals surface area contributed by atoms with Crippen molar-refractivity contribution in [1.82, 2.24) is 9.80 Å². The third kappa shape index (κ3) is 5.53. The maximum atomic E-state index is 11.2. The van der Waals surface area contributed by atoms with E-state index >= 15 is 0 Å². The Morgan fingerprint density at radius 1 is 1.14 bits per heavy atom. The van der Waals surface area contributed by atoms with Crippen molar-refractivity contribution < 1.29 is 14.3 Å². The topological polar surface area (TPSA) is 42.0 Å². The summed E-state index contributed by atoms with van der Waals surface area (Å²) in [7, 11) is 1.42. The summed E-state index contributed by atoms with van der Waals surface area (Å²) in [6.07, 6.45) is 0. The van der Waals surface area contributed by atoms with Crippen molar-refractivity contribution in [3.8, 4) is 5.75 Å². The lowest BCUT2D eigenvalue weighted by molar-refractivity contribution is -0.142. The molecule has 0 spiro atoms. The third-order valence-electron chi connectivity index (χ3n) is 3.54. The molecule has 0 amide bonds. The van der Waals surface area contributed by atoms with Gasteiger partial charge in [-0.25, -0.2) is 0 Å². The van der Waals surface area contributed by atoms with Crippen LogP contribution in [-0.2, 0) is 9.53 Å². The van der Waals surface area contributed by atoms with Gasteiger partial charge < -0.3 is 9.47 Å². The monoisotopic (exact) mass is 312 g/mol. The second-order valence-electron chi connectivity index (χ2n) is 5.00. The van der Waals surface area contributed by atoms with Gasteiger partial charge in [-0.2, -0.15) is 0 Å². The van der Waals surface area contributed by atoms with Gasteiger partial charge in [0, 0.05) is 37.7 Å². The predicted octanol–water partition coefficient (Wildman–Crippen LogP) is 1.51. The van der Waals surface area contributed by atoms with Crippen molar-refractivity contribution in [2.45, 2.75) is 0 Å². The van der Waals surface area contributed by atoms with Crippen LogP contribution >= 0.6 is 11.6 Å². The number of halogens is 1. The maximum Gasteiger partial charge on any atom is 0.319 e. The number of hydrogen-bond acceptors (Lipinski definition) is 5. The fraction of sp³-hybridized carbons (Fsp3) is 0.533.